The molecule has 2 aromatic carbocycles. The van der Waals surface area contributed by atoms with Gasteiger partial charge in [-0.15, -0.1) is 4.31 Å². The number of nitrogens with zero attached hydrogens (tertiary/aromatic N) is 1. The van der Waals surface area contributed by atoms with Gasteiger partial charge in [0.15, 0.2) is 22.6 Å². The molecule has 2 aromatic rings. The fourth-order valence-corrected chi connectivity index (χ4v) is 5.91. The van der Waals surface area contributed by atoms with Gasteiger partial charge in [0.2, 0.25) is 9.79 Å². The lowest BCUT2D eigenvalue weighted by molar-refractivity contribution is -0.00000515. The molecule has 0 radical (unpaired) electrons. The lowest BCUT2D eigenvalue weighted by atomic mass is 9.96. The Balaban J connectivity index is 0.00000156. The Morgan fingerprint density at radius 1 is 0.870 bits per heavy atom. The van der Waals surface area contributed by atoms with Gasteiger partial charge in [0, 0.05) is 7.05 Å². The molecule has 2 nitrogen and oxygen atoms in total. The number of fused-ring (bicyclic) bond motifs is 2. The van der Waals surface area contributed by atoms with Crippen LogP contribution in [0.2, 0.25) is 0 Å². The molecule has 1 aliphatic heterocycles. The number of para-hydroxylation sites is 2. The highest BCUT2D eigenvalue weighted by molar-refractivity contribution is 7.95. The van der Waals surface area contributed by atoms with E-state index in [1.165, 1.54) is 41.9 Å². The molecule has 1 aliphatic carbocycles. The molecule has 4 heteroatoms. The summed E-state index contributed by atoms with van der Waals surface area (Å²) < 4.78 is 8.74. The average molecular weight is 439 g/mol. The Morgan fingerprint density at radius 2 is 1.39 bits per heavy atom. The van der Waals surface area contributed by atoms with Crippen LogP contribution in [0.4, 0.5) is 0 Å². The van der Waals surface area contributed by atoms with Crippen molar-refractivity contribution in [2.75, 3.05) is 7.05 Å². The first kappa shape index (κ1) is 17.1. The van der Waals surface area contributed by atoms with Gasteiger partial charge in [0.05, 0.1) is 6.04 Å². The second-order valence-corrected chi connectivity index (χ2v) is 8.14. The largest absolute Gasteiger partial charge is 1.00 e. The Labute approximate surface area is 158 Å². The lowest BCUT2D eigenvalue weighted by Crippen LogP contribution is -3.00. The van der Waals surface area contributed by atoms with Gasteiger partial charge in [-0.3, -0.25) is 0 Å². The molecule has 0 amide bonds. The molecule has 23 heavy (non-hydrogen) atoms. The molecule has 4 rings (SSSR count). The average Bonchev–Trinajstić information content (AvgIpc) is 2.60. The van der Waals surface area contributed by atoms with E-state index in [9.17, 15) is 0 Å². The topological polar surface area (TPSA) is 12.5 Å². The van der Waals surface area contributed by atoms with Crippen molar-refractivity contribution in [2.24, 2.45) is 0 Å². The van der Waals surface area contributed by atoms with Crippen LogP contribution >= 0.6 is 0 Å². The fourth-order valence-electron chi connectivity index (χ4n) is 3.53. The van der Waals surface area contributed by atoms with E-state index in [-0.39, 0.29) is 35.1 Å². The van der Waals surface area contributed by atoms with Crippen LogP contribution in [-0.4, -0.2) is 17.4 Å². The van der Waals surface area contributed by atoms with E-state index in [0.29, 0.717) is 6.04 Å². The predicted octanol–water partition coefficient (Wildman–Crippen LogP) is 2.01. The standard InChI is InChI=1S/C19H22NOS.HI/c1-20(15-9-3-2-4-10-15)22-18-13-7-5-11-16(18)21-17-12-6-8-14-19(17)22;/h5-8,11-15H,2-4,9-10H2,1H3;1H/q+1;/p-1. The molecule has 1 saturated carbocycles. The summed E-state index contributed by atoms with van der Waals surface area (Å²) in [7, 11) is 2.30. The van der Waals surface area contributed by atoms with E-state index in [1.54, 1.807) is 0 Å². The summed E-state index contributed by atoms with van der Waals surface area (Å²) in [6, 6.07) is 17.7. The van der Waals surface area contributed by atoms with Crippen LogP contribution in [0.1, 0.15) is 32.1 Å². The molecular weight excluding hydrogens is 417 g/mol. The van der Waals surface area contributed by atoms with Gasteiger partial charge in [0.1, 0.15) is 0 Å². The second kappa shape index (κ2) is 7.45. The van der Waals surface area contributed by atoms with Gasteiger partial charge in [0.25, 0.3) is 0 Å². The number of hydrogen-bond donors (Lipinski definition) is 0. The van der Waals surface area contributed by atoms with Crippen molar-refractivity contribution in [1.29, 1.82) is 0 Å². The Hall–Kier alpha value is -0.720. The zero-order valence-corrected chi connectivity index (χ0v) is 16.3. The monoisotopic (exact) mass is 439 g/mol. The minimum absolute atomic E-state index is 0. The molecule has 0 saturated heterocycles. The third kappa shape index (κ3) is 3.26. The highest BCUT2D eigenvalue weighted by atomic mass is 127. The van der Waals surface area contributed by atoms with Crippen LogP contribution in [0.25, 0.3) is 0 Å². The summed E-state index contributed by atoms with van der Waals surface area (Å²) in [4.78, 5) is 2.66. The third-order valence-electron chi connectivity index (χ3n) is 4.71. The summed E-state index contributed by atoms with van der Waals surface area (Å²) >= 11 is -0.0285. The van der Waals surface area contributed by atoms with Gasteiger partial charge in [-0.2, -0.15) is 0 Å². The van der Waals surface area contributed by atoms with Crippen LogP contribution in [-0.2, 0) is 11.1 Å². The van der Waals surface area contributed by atoms with Gasteiger partial charge in [-0.1, -0.05) is 43.5 Å². The summed E-state index contributed by atoms with van der Waals surface area (Å²) in [5.74, 6) is 2.04. The van der Waals surface area contributed by atoms with E-state index >= 15 is 0 Å². The zero-order valence-electron chi connectivity index (χ0n) is 13.4. The molecule has 0 aromatic heterocycles. The number of halogens is 1. The first-order chi connectivity index (χ1) is 10.8. The molecular formula is C19H22INOS. The van der Waals surface area contributed by atoms with Crippen molar-refractivity contribution in [3.63, 3.8) is 0 Å². The van der Waals surface area contributed by atoms with Gasteiger partial charge < -0.3 is 28.7 Å². The van der Waals surface area contributed by atoms with Crippen molar-refractivity contribution < 1.29 is 28.7 Å². The molecule has 0 N–H and O–H groups in total. The van der Waals surface area contributed by atoms with Crippen LogP contribution in [0.15, 0.2) is 58.3 Å². The highest BCUT2D eigenvalue weighted by Gasteiger charge is 2.43. The number of ether oxygens (including phenoxy) is 1. The van der Waals surface area contributed by atoms with E-state index in [2.05, 4.69) is 59.9 Å². The second-order valence-electron chi connectivity index (χ2n) is 6.12. The summed E-state index contributed by atoms with van der Waals surface area (Å²) in [5.41, 5.74) is 0. The van der Waals surface area contributed by atoms with E-state index in [1.807, 2.05) is 0 Å². The maximum Gasteiger partial charge on any atom is 0.224 e. The van der Waals surface area contributed by atoms with Crippen molar-refractivity contribution >= 4 is 11.1 Å². The number of benzene rings is 2. The van der Waals surface area contributed by atoms with E-state index in [4.69, 9.17) is 4.74 Å². The van der Waals surface area contributed by atoms with Gasteiger partial charge in [-0.25, -0.2) is 0 Å². The van der Waals surface area contributed by atoms with E-state index in [0.717, 1.165) is 11.5 Å². The number of hydrogen-bond acceptors (Lipinski definition) is 2. The van der Waals surface area contributed by atoms with Crippen LogP contribution in [0.5, 0.6) is 11.5 Å². The smallest absolute Gasteiger partial charge is 0.224 e. The Morgan fingerprint density at radius 3 is 1.96 bits per heavy atom. The molecule has 2 aliphatic rings. The Kier molecular flexibility index (Phi) is 5.54. The zero-order chi connectivity index (χ0) is 14.9. The molecule has 0 bridgehead atoms. The third-order valence-corrected chi connectivity index (χ3v) is 7.09. The highest BCUT2D eigenvalue weighted by Crippen LogP contribution is 2.45. The Bertz CT molecular complexity index is 626. The number of rotatable bonds is 2. The van der Waals surface area contributed by atoms with Gasteiger partial charge >= 0.3 is 0 Å². The fraction of sp³-hybridized carbons (Fsp3) is 0.368. The summed E-state index contributed by atoms with van der Waals surface area (Å²) in [6.45, 7) is 0. The molecule has 0 spiro atoms. The van der Waals surface area contributed by atoms with Crippen LogP contribution in [0, 0.1) is 0 Å². The summed E-state index contributed by atoms with van der Waals surface area (Å²) in [5, 5.41) is 0. The quantitative estimate of drug-likeness (QED) is 0.525. The summed E-state index contributed by atoms with van der Waals surface area (Å²) in [6.07, 6.45) is 6.78. The van der Waals surface area contributed by atoms with Crippen molar-refractivity contribution in [1.82, 2.24) is 4.31 Å². The van der Waals surface area contributed by atoms with Crippen molar-refractivity contribution in [3.05, 3.63) is 48.5 Å². The molecule has 122 valence electrons. The minimum atomic E-state index is -0.0285. The SMILES string of the molecule is CN(C1CCCCC1)[S+]1c2ccccc2Oc2ccccc21.[I-]. The van der Waals surface area contributed by atoms with Crippen LogP contribution in [0.3, 0.4) is 0 Å². The first-order valence-electron chi connectivity index (χ1n) is 8.18. The lowest BCUT2D eigenvalue weighted by Gasteiger charge is -2.31. The first-order valence-corrected chi connectivity index (χ1v) is 9.36. The maximum atomic E-state index is 6.13. The predicted molar refractivity (Wildman–Crippen MR) is 91.5 cm³/mol. The van der Waals surface area contributed by atoms with Crippen molar-refractivity contribution in [2.45, 2.75) is 47.9 Å². The molecule has 1 fully saturated rings. The molecule has 0 atom stereocenters. The maximum absolute atomic E-state index is 6.13. The molecule has 0 unspecified atom stereocenters. The van der Waals surface area contributed by atoms with E-state index < -0.39 is 0 Å². The molecule has 1 heterocycles. The minimum Gasteiger partial charge on any atom is -1.00 e. The van der Waals surface area contributed by atoms with Crippen molar-refractivity contribution in [3.8, 4) is 11.5 Å². The van der Waals surface area contributed by atoms with Gasteiger partial charge in [-0.05, 0) is 37.1 Å². The van der Waals surface area contributed by atoms with Crippen LogP contribution < -0.4 is 28.7 Å². The normalized spacial score (nSPS) is 17.8.